The van der Waals surface area contributed by atoms with E-state index >= 15 is 0 Å². The first-order chi connectivity index (χ1) is 6.24. The van der Waals surface area contributed by atoms with Gasteiger partial charge in [0.2, 0.25) is 5.91 Å². The number of aromatic nitrogens is 1. The zero-order valence-electron chi connectivity index (χ0n) is 7.78. The van der Waals surface area contributed by atoms with Crippen LogP contribution >= 0.6 is 11.3 Å². The fraction of sp³-hybridized carbons (Fsp3) is 0.500. The minimum absolute atomic E-state index is 0.0792. The molecule has 0 radical (unpaired) electrons. The van der Waals surface area contributed by atoms with Crippen LogP contribution in [-0.2, 0) is 11.3 Å². The van der Waals surface area contributed by atoms with Gasteiger partial charge in [-0.15, -0.1) is 11.3 Å². The van der Waals surface area contributed by atoms with E-state index in [2.05, 4.69) is 10.3 Å². The van der Waals surface area contributed by atoms with E-state index in [0.29, 0.717) is 13.1 Å². The van der Waals surface area contributed by atoms with Crippen LogP contribution in [0.2, 0.25) is 0 Å². The lowest BCUT2D eigenvalue weighted by molar-refractivity contribution is -0.129. The second-order valence-corrected chi connectivity index (χ2v) is 3.48. The molecule has 1 N–H and O–H groups in total. The average molecular weight is 199 g/mol. The van der Waals surface area contributed by atoms with Gasteiger partial charge in [0.1, 0.15) is 0 Å². The monoisotopic (exact) mass is 199 g/mol. The van der Waals surface area contributed by atoms with E-state index in [1.807, 2.05) is 5.38 Å². The molecule has 0 aliphatic rings. The molecule has 0 atom stereocenters. The number of amides is 1. The number of carbonyl (C=O) groups is 1. The van der Waals surface area contributed by atoms with Crippen molar-refractivity contribution in [3.05, 3.63) is 16.6 Å². The van der Waals surface area contributed by atoms with Crippen molar-refractivity contribution in [3.8, 4) is 0 Å². The molecule has 4 nitrogen and oxygen atoms in total. The molecule has 1 rings (SSSR count). The average Bonchev–Trinajstić information content (AvgIpc) is 2.57. The molecule has 0 saturated carbocycles. The van der Waals surface area contributed by atoms with Crippen molar-refractivity contribution >= 4 is 17.2 Å². The first-order valence-corrected chi connectivity index (χ1v) is 4.94. The summed E-state index contributed by atoms with van der Waals surface area (Å²) >= 11 is 1.54. The summed E-state index contributed by atoms with van der Waals surface area (Å²) in [6.07, 6.45) is 0. The highest BCUT2D eigenvalue weighted by atomic mass is 32.1. The Bertz CT molecular complexity index is 260. The predicted octanol–water partition coefficient (Wildman–Crippen LogP) is 0.321. The van der Waals surface area contributed by atoms with Gasteiger partial charge in [-0.1, -0.05) is 0 Å². The molecular weight excluding hydrogens is 186 g/mol. The second kappa shape index (κ2) is 4.94. The van der Waals surface area contributed by atoms with Gasteiger partial charge in [-0.3, -0.25) is 4.79 Å². The van der Waals surface area contributed by atoms with E-state index in [4.69, 9.17) is 0 Å². The molecule has 1 amide bonds. The van der Waals surface area contributed by atoms with Gasteiger partial charge >= 0.3 is 0 Å². The van der Waals surface area contributed by atoms with Gasteiger partial charge in [-0.2, -0.15) is 0 Å². The minimum atomic E-state index is 0.0792. The molecule has 0 unspecified atom stereocenters. The lowest BCUT2D eigenvalue weighted by Gasteiger charge is -2.15. The van der Waals surface area contributed by atoms with E-state index in [0.717, 1.165) is 5.69 Å². The molecular formula is C8H13N3OS. The molecule has 13 heavy (non-hydrogen) atoms. The molecule has 0 aliphatic carbocycles. The number of thiazole rings is 1. The summed E-state index contributed by atoms with van der Waals surface area (Å²) in [6.45, 7) is 0.963. The van der Waals surface area contributed by atoms with E-state index in [9.17, 15) is 4.79 Å². The maximum absolute atomic E-state index is 11.3. The number of carbonyl (C=O) groups excluding carboxylic acids is 1. The quantitative estimate of drug-likeness (QED) is 0.759. The largest absolute Gasteiger partial charge is 0.339 e. The Kier molecular flexibility index (Phi) is 3.85. The van der Waals surface area contributed by atoms with Gasteiger partial charge in [-0.05, 0) is 7.05 Å². The minimum Gasteiger partial charge on any atom is -0.339 e. The summed E-state index contributed by atoms with van der Waals surface area (Å²) in [5.41, 5.74) is 2.71. The van der Waals surface area contributed by atoms with Crippen molar-refractivity contribution in [2.75, 3.05) is 20.6 Å². The van der Waals surface area contributed by atoms with Crippen LogP contribution in [0, 0.1) is 0 Å². The Labute approximate surface area is 81.6 Å². The van der Waals surface area contributed by atoms with Gasteiger partial charge in [0.15, 0.2) is 0 Å². The van der Waals surface area contributed by atoms with E-state index < -0.39 is 0 Å². The molecule has 0 aromatic carbocycles. The molecule has 0 fully saturated rings. The number of likely N-dealkylation sites (N-methyl/N-ethyl adjacent to an activating group) is 2. The zero-order valence-corrected chi connectivity index (χ0v) is 8.60. The van der Waals surface area contributed by atoms with Gasteiger partial charge < -0.3 is 10.2 Å². The highest BCUT2D eigenvalue weighted by Gasteiger charge is 2.08. The number of hydrogen-bond acceptors (Lipinski definition) is 4. The van der Waals surface area contributed by atoms with E-state index in [-0.39, 0.29) is 5.91 Å². The van der Waals surface area contributed by atoms with Crippen LogP contribution in [-0.4, -0.2) is 36.4 Å². The number of rotatable bonds is 4. The lowest BCUT2D eigenvalue weighted by Crippen LogP contribution is -2.33. The van der Waals surface area contributed by atoms with Crippen molar-refractivity contribution in [2.45, 2.75) is 6.54 Å². The third-order valence-electron chi connectivity index (χ3n) is 1.64. The molecule has 72 valence electrons. The van der Waals surface area contributed by atoms with Crippen molar-refractivity contribution in [3.63, 3.8) is 0 Å². The molecule has 1 aromatic heterocycles. The van der Waals surface area contributed by atoms with Crippen molar-refractivity contribution in [2.24, 2.45) is 0 Å². The van der Waals surface area contributed by atoms with Crippen molar-refractivity contribution in [1.29, 1.82) is 0 Å². The third-order valence-corrected chi connectivity index (χ3v) is 2.27. The number of nitrogens with one attached hydrogen (secondary N) is 1. The second-order valence-electron chi connectivity index (χ2n) is 2.76. The molecule has 1 aromatic rings. The molecule has 5 heteroatoms. The van der Waals surface area contributed by atoms with Gasteiger partial charge in [0.05, 0.1) is 24.3 Å². The van der Waals surface area contributed by atoms with Crippen LogP contribution in [0.1, 0.15) is 5.69 Å². The summed E-state index contributed by atoms with van der Waals surface area (Å²) < 4.78 is 0. The first-order valence-electron chi connectivity index (χ1n) is 3.99. The number of hydrogen-bond donors (Lipinski definition) is 1. The summed E-state index contributed by atoms with van der Waals surface area (Å²) in [4.78, 5) is 17.1. The van der Waals surface area contributed by atoms with Crippen LogP contribution in [0.4, 0.5) is 0 Å². The fourth-order valence-electron chi connectivity index (χ4n) is 0.933. The summed E-state index contributed by atoms with van der Waals surface area (Å²) in [7, 11) is 3.54. The Morgan fingerprint density at radius 1 is 1.77 bits per heavy atom. The predicted molar refractivity (Wildman–Crippen MR) is 52.5 cm³/mol. The highest BCUT2D eigenvalue weighted by molar-refractivity contribution is 7.07. The highest BCUT2D eigenvalue weighted by Crippen LogP contribution is 2.03. The van der Waals surface area contributed by atoms with Crippen molar-refractivity contribution in [1.82, 2.24) is 15.2 Å². The first kappa shape index (κ1) is 10.1. The Balaban J connectivity index is 2.41. The van der Waals surface area contributed by atoms with Gasteiger partial charge in [-0.25, -0.2) is 4.98 Å². The summed E-state index contributed by atoms with van der Waals surface area (Å²) in [6, 6.07) is 0. The zero-order chi connectivity index (χ0) is 9.68. The lowest BCUT2D eigenvalue weighted by atomic mass is 10.4. The molecule has 0 bridgehead atoms. The Morgan fingerprint density at radius 3 is 3.08 bits per heavy atom. The summed E-state index contributed by atoms with van der Waals surface area (Å²) in [5, 5.41) is 4.77. The SMILES string of the molecule is CNCC(=O)N(C)Cc1cscn1. The van der Waals surface area contributed by atoms with Gasteiger partial charge in [0.25, 0.3) is 0 Å². The standard InChI is InChI=1S/C8H13N3OS/c1-9-3-8(12)11(2)4-7-5-13-6-10-7/h5-6,9H,3-4H2,1-2H3. The third kappa shape index (κ3) is 3.12. The van der Waals surface area contributed by atoms with Crippen LogP contribution < -0.4 is 5.32 Å². The molecule has 0 saturated heterocycles. The molecule has 0 aliphatic heterocycles. The summed E-state index contributed by atoms with van der Waals surface area (Å²) in [5.74, 6) is 0.0792. The van der Waals surface area contributed by atoms with Crippen LogP contribution in [0.3, 0.4) is 0 Å². The van der Waals surface area contributed by atoms with Gasteiger partial charge in [0, 0.05) is 12.4 Å². The van der Waals surface area contributed by atoms with E-state index in [1.54, 1.807) is 35.8 Å². The fourth-order valence-corrected chi connectivity index (χ4v) is 1.48. The van der Waals surface area contributed by atoms with Crippen LogP contribution in [0.25, 0.3) is 0 Å². The van der Waals surface area contributed by atoms with Crippen molar-refractivity contribution < 1.29 is 4.79 Å². The maximum atomic E-state index is 11.3. The Hall–Kier alpha value is -0.940. The maximum Gasteiger partial charge on any atom is 0.236 e. The molecule has 1 heterocycles. The number of nitrogens with zero attached hydrogens (tertiary/aromatic N) is 2. The Morgan fingerprint density at radius 2 is 2.54 bits per heavy atom. The normalized spacial score (nSPS) is 10.0. The van der Waals surface area contributed by atoms with E-state index in [1.165, 1.54) is 0 Å². The smallest absolute Gasteiger partial charge is 0.236 e. The van der Waals surface area contributed by atoms with Crippen LogP contribution in [0.5, 0.6) is 0 Å². The molecule has 0 spiro atoms. The topological polar surface area (TPSA) is 45.2 Å². The van der Waals surface area contributed by atoms with Crippen LogP contribution in [0.15, 0.2) is 10.9 Å².